The van der Waals surface area contributed by atoms with E-state index in [1.807, 2.05) is 23.9 Å². The lowest BCUT2D eigenvalue weighted by molar-refractivity contribution is -0.0669. The van der Waals surface area contributed by atoms with Crippen LogP contribution in [0.15, 0.2) is 37.2 Å². The molecule has 156 valence electrons. The number of hydrogen-bond acceptors (Lipinski definition) is 5. The standard InChI is InChI=1S/C23H31N3O3/c1-5-6-17-11-16(12-20(28-3)21(17)29-4)15-26-18-7-8-19(26)14-23(27,13-18)22-24-9-10-25(22)2/h5,9-12,18-19,27H,1,6-8,13-15H2,2-4H3/t18-,19-/m1/s1. The highest BCUT2D eigenvalue weighted by molar-refractivity contribution is 5.50. The van der Waals surface area contributed by atoms with Crippen molar-refractivity contribution in [2.75, 3.05) is 14.2 Å². The molecule has 0 aliphatic carbocycles. The van der Waals surface area contributed by atoms with Crippen LogP contribution >= 0.6 is 0 Å². The Morgan fingerprint density at radius 2 is 1.97 bits per heavy atom. The number of benzene rings is 1. The van der Waals surface area contributed by atoms with Gasteiger partial charge in [0.05, 0.1) is 14.2 Å². The summed E-state index contributed by atoms with van der Waals surface area (Å²) in [5.41, 5.74) is 1.45. The van der Waals surface area contributed by atoms with Crippen molar-refractivity contribution in [3.05, 3.63) is 54.1 Å². The van der Waals surface area contributed by atoms with Gasteiger partial charge in [-0.25, -0.2) is 4.98 Å². The van der Waals surface area contributed by atoms with Gasteiger partial charge >= 0.3 is 0 Å². The van der Waals surface area contributed by atoms with E-state index in [1.54, 1.807) is 20.4 Å². The third-order valence-electron chi connectivity index (χ3n) is 6.50. The molecule has 29 heavy (non-hydrogen) atoms. The van der Waals surface area contributed by atoms with Crippen molar-refractivity contribution in [3.63, 3.8) is 0 Å². The van der Waals surface area contributed by atoms with E-state index >= 15 is 0 Å². The summed E-state index contributed by atoms with van der Waals surface area (Å²) in [4.78, 5) is 7.00. The van der Waals surface area contributed by atoms with E-state index in [4.69, 9.17) is 9.47 Å². The molecule has 0 amide bonds. The van der Waals surface area contributed by atoms with Gasteiger partial charge in [0, 0.05) is 43.6 Å². The number of aromatic nitrogens is 2. The minimum atomic E-state index is -0.841. The topological polar surface area (TPSA) is 59.8 Å². The quantitative estimate of drug-likeness (QED) is 0.727. The number of piperidine rings is 1. The molecule has 1 aromatic carbocycles. The smallest absolute Gasteiger partial charge is 0.164 e. The maximum atomic E-state index is 11.4. The molecule has 1 aromatic heterocycles. The maximum absolute atomic E-state index is 11.4. The van der Waals surface area contributed by atoms with Crippen LogP contribution in [-0.2, 0) is 25.6 Å². The first-order valence-electron chi connectivity index (χ1n) is 10.3. The lowest BCUT2D eigenvalue weighted by Gasteiger charge is -2.43. The average molecular weight is 398 g/mol. The van der Waals surface area contributed by atoms with Crippen molar-refractivity contribution in [2.24, 2.45) is 7.05 Å². The first-order chi connectivity index (χ1) is 14.0. The third kappa shape index (κ3) is 3.55. The predicted molar refractivity (Wildman–Crippen MR) is 112 cm³/mol. The zero-order valence-corrected chi connectivity index (χ0v) is 17.6. The summed E-state index contributed by atoms with van der Waals surface area (Å²) in [5, 5.41) is 11.4. The fraction of sp³-hybridized carbons (Fsp3) is 0.522. The molecular weight excluding hydrogens is 366 g/mol. The van der Waals surface area contributed by atoms with Gasteiger partial charge in [0.1, 0.15) is 11.4 Å². The van der Waals surface area contributed by atoms with Crippen LogP contribution in [0.5, 0.6) is 11.5 Å². The second kappa shape index (κ2) is 7.84. The molecule has 1 N–H and O–H groups in total. The summed E-state index contributed by atoms with van der Waals surface area (Å²) in [6, 6.07) is 4.98. The molecule has 2 fully saturated rings. The molecule has 2 aliphatic heterocycles. The number of hydrogen-bond donors (Lipinski definition) is 1. The second-order valence-corrected chi connectivity index (χ2v) is 8.34. The summed E-state index contributed by atoms with van der Waals surface area (Å²) >= 11 is 0. The summed E-state index contributed by atoms with van der Waals surface area (Å²) in [6.07, 6.45) is 9.98. The van der Waals surface area contributed by atoms with Crippen molar-refractivity contribution in [1.29, 1.82) is 0 Å². The van der Waals surface area contributed by atoms with Crippen LogP contribution < -0.4 is 9.47 Å². The van der Waals surface area contributed by atoms with Gasteiger partial charge in [0.25, 0.3) is 0 Å². The van der Waals surface area contributed by atoms with Crippen LogP contribution in [-0.4, -0.2) is 45.9 Å². The van der Waals surface area contributed by atoms with Crippen LogP contribution in [0.2, 0.25) is 0 Å². The number of fused-ring (bicyclic) bond motifs is 2. The molecule has 2 saturated heterocycles. The third-order valence-corrected chi connectivity index (χ3v) is 6.50. The Balaban J connectivity index is 1.58. The van der Waals surface area contributed by atoms with E-state index in [0.717, 1.165) is 61.5 Å². The second-order valence-electron chi connectivity index (χ2n) is 8.34. The van der Waals surface area contributed by atoms with E-state index in [-0.39, 0.29) is 0 Å². The Bertz CT molecular complexity index is 877. The minimum absolute atomic E-state index is 0.353. The largest absolute Gasteiger partial charge is 0.493 e. The fourth-order valence-corrected chi connectivity index (χ4v) is 5.29. The molecule has 2 atom stereocenters. The SMILES string of the molecule is C=CCc1cc(CN2[C@@H]3CC[C@@H]2CC(O)(c2nccn2C)C3)cc(OC)c1OC. The highest BCUT2D eigenvalue weighted by Gasteiger charge is 2.49. The first kappa shape index (κ1) is 20.0. The van der Waals surface area contributed by atoms with Gasteiger partial charge in [-0.2, -0.15) is 0 Å². The van der Waals surface area contributed by atoms with Crippen molar-refractivity contribution < 1.29 is 14.6 Å². The van der Waals surface area contributed by atoms with Crippen molar-refractivity contribution in [3.8, 4) is 11.5 Å². The summed E-state index contributed by atoms with van der Waals surface area (Å²) < 4.78 is 13.1. The molecule has 6 nitrogen and oxygen atoms in total. The van der Waals surface area contributed by atoms with Gasteiger partial charge in [0.2, 0.25) is 0 Å². The number of nitrogens with zero attached hydrogens (tertiary/aromatic N) is 3. The van der Waals surface area contributed by atoms with Crippen molar-refractivity contribution in [1.82, 2.24) is 14.5 Å². The summed E-state index contributed by atoms with van der Waals surface area (Å²) in [6.45, 7) is 4.71. The Kier molecular flexibility index (Phi) is 5.40. The van der Waals surface area contributed by atoms with Crippen molar-refractivity contribution >= 4 is 0 Å². The van der Waals surface area contributed by atoms with Crippen LogP contribution in [0.4, 0.5) is 0 Å². The lowest BCUT2D eigenvalue weighted by Crippen LogP contribution is -2.50. The molecular formula is C23H31N3O3. The lowest BCUT2D eigenvalue weighted by atomic mass is 9.85. The maximum Gasteiger partial charge on any atom is 0.164 e. The Morgan fingerprint density at radius 3 is 2.52 bits per heavy atom. The highest BCUT2D eigenvalue weighted by Crippen LogP contribution is 2.46. The Morgan fingerprint density at radius 1 is 1.24 bits per heavy atom. The molecule has 2 aromatic rings. The van der Waals surface area contributed by atoms with E-state index in [2.05, 4.69) is 28.6 Å². The normalized spacial score (nSPS) is 26.5. The molecule has 0 spiro atoms. The van der Waals surface area contributed by atoms with Gasteiger partial charge in [-0.15, -0.1) is 6.58 Å². The van der Waals surface area contributed by atoms with Gasteiger partial charge in [0.15, 0.2) is 11.5 Å². The number of aliphatic hydroxyl groups is 1. The average Bonchev–Trinajstić information content (AvgIpc) is 3.23. The molecule has 2 aliphatic rings. The minimum Gasteiger partial charge on any atom is -0.493 e. The zero-order chi connectivity index (χ0) is 20.6. The zero-order valence-electron chi connectivity index (χ0n) is 17.6. The van der Waals surface area contributed by atoms with Crippen LogP contribution in [0.25, 0.3) is 0 Å². The van der Waals surface area contributed by atoms with Crippen LogP contribution in [0.1, 0.15) is 42.6 Å². The number of allylic oxidation sites excluding steroid dienone is 1. The van der Waals surface area contributed by atoms with Crippen LogP contribution in [0.3, 0.4) is 0 Å². The van der Waals surface area contributed by atoms with E-state index in [0.29, 0.717) is 12.1 Å². The van der Waals surface area contributed by atoms with Crippen LogP contribution in [0, 0.1) is 0 Å². The first-order valence-corrected chi connectivity index (χ1v) is 10.3. The number of methoxy groups -OCH3 is 2. The highest BCUT2D eigenvalue weighted by atomic mass is 16.5. The number of aryl methyl sites for hydroxylation is 1. The molecule has 4 rings (SSSR count). The molecule has 0 radical (unpaired) electrons. The number of rotatable bonds is 7. The number of imidazole rings is 1. The monoisotopic (exact) mass is 397 g/mol. The molecule has 2 bridgehead atoms. The Hall–Kier alpha value is -2.31. The van der Waals surface area contributed by atoms with Gasteiger partial charge in [-0.05, 0) is 43.7 Å². The van der Waals surface area contributed by atoms with Crippen molar-refractivity contribution in [2.45, 2.75) is 56.3 Å². The van der Waals surface area contributed by atoms with Gasteiger partial charge in [-0.3, -0.25) is 4.90 Å². The summed E-state index contributed by atoms with van der Waals surface area (Å²) in [5.74, 6) is 2.33. The van der Waals surface area contributed by atoms with E-state index < -0.39 is 5.60 Å². The Labute approximate surface area is 172 Å². The molecule has 0 saturated carbocycles. The molecule has 0 unspecified atom stereocenters. The van der Waals surface area contributed by atoms with Gasteiger partial charge in [-0.1, -0.05) is 12.1 Å². The summed E-state index contributed by atoms with van der Waals surface area (Å²) in [7, 11) is 5.31. The molecule has 3 heterocycles. The fourth-order valence-electron chi connectivity index (χ4n) is 5.29. The number of ether oxygens (including phenoxy) is 2. The van der Waals surface area contributed by atoms with E-state index in [1.165, 1.54) is 5.56 Å². The van der Waals surface area contributed by atoms with E-state index in [9.17, 15) is 5.11 Å². The predicted octanol–water partition coefficient (Wildman–Crippen LogP) is 3.18. The molecule has 6 heteroatoms. The van der Waals surface area contributed by atoms with Gasteiger partial charge < -0.3 is 19.1 Å².